The maximum Gasteiger partial charge on any atom is 0.245 e. The van der Waals surface area contributed by atoms with Crippen LogP contribution in [0.5, 0.6) is 0 Å². The standard InChI is InChI=1S/C10H18N2O4S/c1-3-17(15,16)6-4-5-12-7-9(13)11-8(2)10(12)14/h8H,3-7H2,1-2H3,(H,11,13). The van der Waals surface area contributed by atoms with E-state index >= 15 is 0 Å². The van der Waals surface area contributed by atoms with Crippen molar-refractivity contribution in [1.29, 1.82) is 0 Å². The SMILES string of the molecule is CCS(=O)(=O)CCCN1CC(=O)NC(C)C1=O. The summed E-state index contributed by atoms with van der Waals surface area (Å²) in [5.41, 5.74) is 0. The predicted octanol–water partition coefficient (Wildman–Crippen LogP) is -0.842. The number of hydrogen-bond acceptors (Lipinski definition) is 4. The second kappa shape index (κ2) is 5.48. The van der Waals surface area contributed by atoms with E-state index in [2.05, 4.69) is 5.32 Å². The van der Waals surface area contributed by atoms with Crippen molar-refractivity contribution in [3.63, 3.8) is 0 Å². The number of nitrogens with one attached hydrogen (secondary N) is 1. The number of nitrogens with zero attached hydrogens (tertiary/aromatic N) is 1. The van der Waals surface area contributed by atoms with E-state index in [1.807, 2.05) is 0 Å². The molecule has 0 spiro atoms. The number of sulfone groups is 1. The van der Waals surface area contributed by atoms with Crippen LogP contribution in [-0.4, -0.2) is 55.8 Å². The summed E-state index contributed by atoms with van der Waals surface area (Å²) >= 11 is 0. The van der Waals surface area contributed by atoms with Crippen LogP contribution in [0, 0.1) is 0 Å². The molecule has 0 aromatic rings. The van der Waals surface area contributed by atoms with Gasteiger partial charge in [0.15, 0.2) is 0 Å². The number of hydrogen-bond donors (Lipinski definition) is 1. The van der Waals surface area contributed by atoms with Gasteiger partial charge in [0.05, 0.1) is 12.3 Å². The lowest BCUT2D eigenvalue weighted by molar-refractivity contribution is -0.143. The van der Waals surface area contributed by atoms with E-state index < -0.39 is 15.9 Å². The Bertz CT molecular complexity index is 405. The normalized spacial score (nSPS) is 21.5. The Kier molecular flexibility index (Phi) is 4.50. The fourth-order valence-electron chi connectivity index (χ4n) is 1.68. The summed E-state index contributed by atoms with van der Waals surface area (Å²) in [5, 5.41) is 2.53. The van der Waals surface area contributed by atoms with Gasteiger partial charge in [-0.05, 0) is 13.3 Å². The lowest BCUT2D eigenvalue weighted by Crippen LogP contribution is -2.56. The van der Waals surface area contributed by atoms with Crippen molar-refractivity contribution in [3.05, 3.63) is 0 Å². The van der Waals surface area contributed by atoms with Gasteiger partial charge in [-0.2, -0.15) is 0 Å². The molecule has 0 aromatic heterocycles. The van der Waals surface area contributed by atoms with Gasteiger partial charge in [0.1, 0.15) is 15.9 Å². The maximum absolute atomic E-state index is 11.7. The topological polar surface area (TPSA) is 83.6 Å². The largest absolute Gasteiger partial charge is 0.343 e. The number of piperazine rings is 1. The van der Waals surface area contributed by atoms with Crippen molar-refractivity contribution in [3.8, 4) is 0 Å². The van der Waals surface area contributed by atoms with E-state index in [0.717, 1.165) is 0 Å². The third-order valence-corrected chi connectivity index (χ3v) is 4.51. The van der Waals surface area contributed by atoms with Crippen LogP contribution in [0.3, 0.4) is 0 Å². The third kappa shape index (κ3) is 3.99. The quantitative estimate of drug-likeness (QED) is 0.700. The predicted molar refractivity (Wildman–Crippen MR) is 63.1 cm³/mol. The van der Waals surface area contributed by atoms with Crippen molar-refractivity contribution < 1.29 is 18.0 Å². The molecule has 0 bridgehead atoms. The molecule has 1 rings (SSSR count). The van der Waals surface area contributed by atoms with Crippen LogP contribution in [0.4, 0.5) is 0 Å². The average Bonchev–Trinajstić information content (AvgIpc) is 2.24. The first kappa shape index (κ1) is 14.0. The summed E-state index contributed by atoms with van der Waals surface area (Å²) in [5.74, 6) is -0.185. The first-order valence-corrected chi connectivity index (χ1v) is 7.46. The molecule has 1 fully saturated rings. The maximum atomic E-state index is 11.7. The fourth-order valence-corrected chi connectivity index (χ4v) is 2.54. The molecule has 98 valence electrons. The summed E-state index contributed by atoms with van der Waals surface area (Å²) in [4.78, 5) is 24.3. The van der Waals surface area contributed by atoms with Crippen molar-refractivity contribution in [2.24, 2.45) is 0 Å². The van der Waals surface area contributed by atoms with E-state index in [0.29, 0.717) is 13.0 Å². The number of rotatable bonds is 5. The second-order valence-corrected chi connectivity index (χ2v) is 6.61. The summed E-state index contributed by atoms with van der Waals surface area (Å²) in [6.07, 6.45) is 0.377. The van der Waals surface area contributed by atoms with Gasteiger partial charge in [-0.25, -0.2) is 8.42 Å². The van der Waals surface area contributed by atoms with Gasteiger partial charge in [-0.1, -0.05) is 6.92 Å². The lowest BCUT2D eigenvalue weighted by Gasteiger charge is -2.30. The molecule has 0 saturated carbocycles. The van der Waals surface area contributed by atoms with Crippen LogP contribution in [0.2, 0.25) is 0 Å². The van der Waals surface area contributed by atoms with Crippen molar-refractivity contribution in [1.82, 2.24) is 10.2 Å². The minimum atomic E-state index is -3.00. The molecular weight excluding hydrogens is 244 g/mol. The van der Waals surface area contributed by atoms with Crippen LogP contribution in [0.1, 0.15) is 20.3 Å². The molecule has 0 aliphatic carbocycles. The minimum Gasteiger partial charge on any atom is -0.343 e. The van der Waals surface area contributed by atoms with Gasteiger partial charge in [0.25, 0.3) is 0 Å². The molecule has 0 radical (unpaired) electrons. The van der Waals surface area contributed by atoms with Crippen molar-refractivity contribution in [2.75, 3.05) is 24.6 Å². The molecular formula is C10H18N2O4S. The van der Waals surface area contributed by atoms with E-state index in [4.69, 9.17) is 0 Å². The Morgan fingerprint density at radius 1 is 1.41 bits per heavy atom. The zero-order valence-corrected chi connectivity index (χ0v) is 10.9. The zero-order chi connectivity index (χ0) is 13.1. The molecule has 6 nitrogen and oxygen atoms in total. The second-order valence-electron chi connectivity index (χ2n) is 4.14. The van der Waals surface area contributed by atoms with E-state index in [1.54, 1.807) is 13.8 Å². The minimum absolute atomic E-state index is 0.0232. The van der Waals surface area contributed by atoms with Gasteiger partial charge in [0.2, 0.25) is 11.8 Å². The zero-order valence-electron chi connectivity index (χ0n) is 10.1. The molecule has 1 N–H and O–H groups in total. The highest BCUT2D eigenvalue weighted by Gasteiger charge is 2.29. The molecule has 1 unspecified atom stereocenters. The van der Waals surface area contributed by atoms with Crippen molar-refractivity contribution in [2.45, 2.75) is 26.3 Å². The summed E-state index contributed by atoms with van der Waals surface area (Å²) < 4.78 is 22.5. The molecule has 7 heteroatoms. The Labute approximate surface area is 101 Å². The monoisotopic (exact) mass is 262 g/mol. The number of carbonyl (C=O) groups is 2. The molecule has 17 heavy (non-hydrogen) atoms. The Morgan fingerprint density at radius 2 is 2.06 bits per heavy atom. The highest BCUT2D eigenvalue weighted by Crippen LogP contribution is 2.04. The van der Waals surface area contributed by atoms with Crippen LogP contribution >= 0.6 is 0 Å². The Hall–Kier alpha value is -1.11. The highest BCUT2D eigenvalue weighted by atomic mass is 32.2. The first-order chi connectivity index (χ1) is 7.85. The summed E-state index contributed by atoms with van der Waals surface area (Å²) in [6, 6.07) is -0.515. The Balaban J connectivity index is 2.46. The van der Waals surface area contributed by atoms with Crippen LogP contribution < -0.4 is 5.32 Å². The van der Waals surface area contributed by atoms with Gasteiger partial charge in [-0.3, -0.25) is 9.59 Å². The molecule has 1 saturated heterocycles. The van der Waals surface area contributed by atoms with E-state index in [-0.39, 0.29) is 29.9 Å². The van der Waals surface area contributed by atoms with Gasteiger partial charge in [-0.15, -0.1) is 0 Å². The molecule has 1 heterocycles. The Morgan fingerprint density at radius 3 is 2.65 bits per heavy atom. The van der Waals surface area contributed by atoms with E-state index in [9.17, 15) is 18.0 Å². The van der Waals surface area contributed by atoms with Crippen LogP contribution in [0.25, 0.3) is 0 Å². The number of carbonyl (C=O) groups excluding carboxylic acids is 2. The van der Waals surface area contributed by atoms with Crippen molar-refractivity contribution >= 4 is 21.7 Å². The fraction of sp³-hybridized carbons (Fsp3) is 0.800. The van der Waals surface area contributed by atoms with Gasteiger partial charge in [0, 0.05) is 12.3 Å². The van der Waals surface area contributed by atoms with Gasteiger partial charge < -0.3 is 10.2 Å². The molecule has 1 aliphatic heterocycles. The molecule has 0 aromatic carbocycles. The average molecular weight is 262 g/mol. The van der Waals surface area contributed by atoms with Crippen LogP contribution in [0.15, 0.2) is 0 Å². The lowest BCUT2D eigenvalue weighted by atomic mass is 10.2. The molecule has 1 aliphatic rings. The first-order valence-electron chi connectivity index (χ1n) is 5.64. The third-order valence-electron chi connectivity index (χ3n) is 2.72. The molecule has 1 atom stereocenters. The van der Waals surface area contributed by atoms with Gasteiger partial charge >= 0.3 is 0 Å². The summed E-state index contributed by atoms with van der Waals surface area (Å²) in [7, 11) is -3.00. The number of amides is 2. The molecule has 2 amide bonds. The smallest absolute Gasteiger partial charge is 0.245 e. The highest BCUT2D eigenvalue weighted by molar-refractivity contribution is 7.91. The van der Waals surface area contributed by atoms with Crippen LogP contribution in [-0.2, 0) is 19.4 Å². The van der Waals surface area contributed by atoms with E-state index in [1.165, 1.54) is 4.90 Å². The summed E-state index contributed by atoms with van der Waals surface area (Å²) in [6.45, 7) is 3.55.